The van der Waals surface area contributed by atoms with Gasteiger partial charge in [-0.2, -0.15) is 0 Å². The molecule has 0 aromatic heterocycles. The predicted octanol–water partition coefficient (Wildman–Crippen LogP) is 2.23. The lowest BCUT2D eigenvalue weighted by Crippen LogP contribution is -2.41. The molecule has 100 valence electrons. The van der Waals surface area contributed by atoms with Crippen LogP contribution in [0.4, 0.5) is 5.69 Å². The molecule has 6 heteroatoms. The Kier molecular flexibility index (Phi) is 4.40. The van der Waals surface area contributed by atoms with Crippen LogP contribution in [0.5, 0.6) is 0 Å². The number of Topliss-reactive ketones (excluding diaryl/α,β-unsaturated/α-hetero) is 1. The number of hydrogen-bond acceptors (Lipinski definition) is 4. The summed E-state index contributed by atoms with van der Waals surface area (Å²) in [5.41, 5.74) is 6.18. The Morgan fingerprint density at radius 1 is 1.39 bits per heavy atom. The molecule has 2 N–H and O–H groups in total. The summed E-state index contributed by atoms with van der Waals surface area (Å²) in [5.74, 6) is -0.806. The van der Waals surface area contributed by atoms with Gasteiger partial charge in [-0.25, -0.2) is 8.42 Å². The third-order valence-electron chi connectivity index (χ3n) is 2.82. The van der Waals surface area contributed by atoms with Crippen molar-refractivity contribution in [1.82, 2.24) is 0 Å². The highest BCUT2D eigenvalue weighted by atomic mass is 35.5. The van der Waals surface area contributed by atoms with E-state index in [4.69, 9.17) is 17.3 Å². The van der Waals surface area contributed by atoms with Crippen LogP contribution in [0.3, 0.4) is 0 Å². The fourth-order valence-corrected chi connectivity index (χ4v) is 3.38. The first-order valence-corrected chi connectivity index (χ1v) is 7.63. The molecule has 4 nitrogen and oxygen atoms in total. The van der Waals surface area contributed by atoms with Crippen LogP contribution in [0.2, 0.25) is 0 Å². The van der Waals surface area contributed by atoms with Crippen LogP contribution in [0.1, 0.15) is 30.6 Å². The zero-order chi connectivity index (χ0) is 14.0. The molecule has 0 radical (unpaired) electrons. The Morgan fingerprint density at radius 2 is 2.00 bits per heavy atom. The monoisotopic (exact) mass is 289 g/mol. The normalized spacial score (nSPS) is 15.1. The minimum Gasteiger partial charge on any atom is -0.399 e. The van der Waals surface area contributed by atoms with Crippen LogP contribution in [0.15, 0.2) is 24.3 Å². The highest BCUT2D eigenvalue weighted by Crippen LogP contribution is 2.32. The lowest BCUT2D eigenvalue weighted by molar-refractivity contribution is 0.0970. The topological polar surface area (TPSA) is 77.2 Å². The summed E-state index contributed by atoms with van der Waals surface area (Å²) in [6.45, 7) is 3.04. The van der Waals surface area contributed by atoms with Crippen molar-refractivity contribution in [3.8, 4) is 0 Å². The SMILES string of the molecule is CCC(Cl)(C(=O)c1cccc(N)c1)S(=O)(=O)CC. The molecule has 0 aliphatic rings. The highest BCUT2D eigenvalue weighted by molar-refractivity contribution is 7.95. The average molecular weight is 290 g/mol. The fourth-order valence-electron chi connectivity index (χ4n) is 1.65. The molecule has 1 rings (SSSR count). The molecule has 0 bridgehead atoms. The number of alkyl halides is 1. The molecule has 0 saturated carbocycles. The summed E-state index contributed by atoms with van der Waals surface area (Å²) in [4.78, 5) is 12.3. The van der Waals surface area contributed by atoms with Crippen LogP contribution in [0.25, 0.3) is 0 Å². The van der Waals surface area contributed by atoms with Gasteiger partial charge in [0.2, 0.25) is 4.21 Å². The largest absolute Gasteiger partial charge is 0.399 e. The number of ketones is 1. The lowest BCUT2D eigenvalue weighted by atomic mass is 10.1. The van der Waals surface area contributed by atoms with Crippen molar-refractivity contribution in [2.24, 2.45) is 0 Å². The van der Waals surface area contributed by atoms with Gasteiger partial charge in [0.25, 0.3) is 0 Å². The minimum absolute atomic E-state index is 0.0123. The first-order chi connectivity index (χ1) is 8.28. The van der Waals surface area contributed by atoms with Gasteiger partial charge in [-0.3, -0.25) is 4.79 Å². The van der Waals surface area contributed by atoms with Gasteiger partial charge < -0.3 is 5.73 Å². The quantitative estimate of drug-likeness (QED) is 0.512. The Balaban J connectivity index is 3.31. The maximum atomic E-state index is 12.3. The van der Waals surface area contributed by atoms with Gasteiger partial charge in [-0.1, -0.05) is 37.6 Å². The molecule has 1 aromatic carbocycles. The van der Waals surface area contributed by atoms with Gasteiger partial charge in [-0.15, -0.1) is 0 Å². The van der Waals surface area contributed by atoms with E-state index in [-0.39, 0.29) is 17.7 Å². The van der Waals surface area contributed by atoms with Gasteiger partial charge in [0.05, 0.1) is 0 Å². The molecule has 0 aliphatic heterocycles. The predicted molar refractivity (Wildman–Crippen MR) is 73.5 cm³/mol. The van der Waals surface area contributed by atoms with Crippen LogP contribution in [-0.4, -0.2) is 24.2 Å². The Hall–Kier alpha value is -1.07. The average Bonchev–Trinajstić information content (AvgIpc) is 2.36. The number of anilines is 1. The van der Waals surface area contributed by atoms with Crippen LogP contribution in [-0.2, 0) is 9.84 Å². The lowest BCUT2D eigenvalue weighted by Gasteiger charge is -2.23. The summed E-state index contributed by atoms with van der Waals surface area (Å²) >= 11 is 6.07. The third-order valence-corrected chi connectivity index (χ3v) is 6.18. The molecular weight excluding hydrogens is 274 g/mol. The van der Waals surface area contributed by atoms with Gasteiger partial charge in [0.15, 0.2) is 15.6 Å². The van der Waals surface area contributed by atoms with E-state index in [1.807, 2.05) is 0 Å². The number of benzene rings is 1. The third kappa shape index (κ3) is 2.52. The second kappa shape index (κ2) is 5.28. The van der Waals surface area contributed by atoms with Gasteiger partial charge >= 0.3 is 0 Å². The van der Waals surface area contributed by atoms with Crippen LogP contribution in [0, 0.1) is 0 Å². The van der Waals surface area contributed by atoms with E-state index in [1.54, 1.807) is 19.1 Å². The number of carbonyl (C=O) groups excluding carboxylic acids is 1. The van der Waals surface area contributed by atoms with Gasteiger partial charge in [0, 0.05) is 17.0 Å². The van der Waals surface area contributed by atoms with E-state index in [2.05, 4.69) is 0 Å². The maximum absolute atomic E-state index is 12.3. The van der Waals surface area contributed by atoms with Gasteiger partial charge in [0.1, 0.15) is 0 Å². The molecule has 1 aromatic rings. The number of sulfone groups is 1. The molecule has 0 spiro atoms. The summed E-state index contributed by atoms with van der Waals surface area (Å²) in [5, 5.41) is 0. The van der Waals surface area contributed by atoms with Crippen molar-refractivity contribution in [2.45, 2.75) is 24.5 Å². The summed E-state index contributed by atoms with van der Waals surface area (Å²) in [7, 11) is -3.70. The highest BCUT2D eigenvalue weighted by Gasteiger charge is 2.46. The van der Waals surface area contributed by atoms with E-state index < -0.39 is 19.8 Å². The number of carbonyl (C=O) groups is 1. The summed E-state index contributed by atoms with van der Waals surface area (Å²) < 4.78 is 22.0. The Bertz CT molecular complexity index is 556. The molecule has 0 fully saturated rings. The number of nitrogens with two attached hydrogens (primary N) is 1. The number of hydrogen-bond donors (Lipinski definition) is 1. The van der Waals surface area contributed by atoms with E-state index in [9.17, 15) is 13.2 Å². The van der Waals surface area contributed by atoms with E-state index >= 15 is 0 Å². The number of rotatable bonds is 5. The van der Waals surface area contributed by atoms with E-state index in [0.717, 1.165) is 0 Å². The van der Waals surface area contributed by atoms with E-state index in [1.165, 1.54) is 19.1 Å². The molecule has 1 unspecified atom stereocenters. The summed E-state index contributed by atoms with van der Waals surface area (Å²) in [6.07, 6.45) is 0.0123. The molecule has 1 atom stereocenters. The zero-order valence-corrected chi connectivity index (χ0v) is 11.9. The van der Waals surface area contributed by atoms with Crippen molar-refractivity contribution in [3.05, 3.63) is 29.8 Å². The minimum atomic E-state index is -3.70. The maximum Gasteiger partial charge on any atom is 0.207 e. The molecule has 18 heavy (non-hydrogen) atoms. The smallest absolute Gasteiger partial charge is 0.207 e. The molecule has 0 aliphatic carbocycles. The first-order valence-electron chi connectivity index (χ1n) is 5.60. The fraction of sp³-hybridized carbons (Fsp3) is 0.417. The van der Waals surface area contributed by atoms with E-state index in [0.29, 0.717) is 5.69 Å². The molecule has 0 saturated heterocycles. The Morgan fingerprint density at radius 3 is 2.44 bits per heavy atom. The van der Waals surface area contributed by atoms with Crippen LogP contribution < -0.4 is 5.73 Å². The molecule has 0 heterocycles. The number of halogens is 1. The second-order valence-corrected chi connectivity index (χ2v) is 7.31. The van der Waals surface area contributed by atoms with Crippen molar-refractivity contribution in [3.63, 3.8) is 0 Å². The standard InChI is InChI=1S/C12H16ClNO3S/c1-3-12(13,18(16,17)4-2)11(15)9-6-5-7-10(14)8-9/h5-8H,3-4,14H2,1-2H3. The molecular formula is C12H16ClNO3S. The van der Waals surface area contributed by atoms with Crippen molar-refractivity contribution >= 4 is 32.9 Å². The summed E-state index contributed by atoms with van der Waals surface area (Å²) in [6, 6.07) is 6.15. The van der Waals surface area contributed by atoms with Crippen molar-refractivity contribution in [1.29, 1.82) is 0 Å². The second-order valence-electron chi connectivity index (χ2n) is 3.94. The van der Waals surface area contributed by atoms with Gasteiger partial charge in [-0.05, 0) is 18.6 Å². The zero-order valence-electron chi connectivity index (χ0n) is 10.3. The first kappa shape index (κ1) is 15.0. The van der Waals surface area contributed by atoms with Crippen molar-refractivity contribution in [2.75, 3.05) is 11.5 Å². The Labute approximate surface area is 112 Å². The van der Waals surface area contributed by atoms with Crippen LogP contribution >= 0.6 is 11.6 Å². The number of nitrogen functional groups attached to an aromatic ring is 1. The molecule has 0 amide bonds. The van der Waals surface area contributed by atoms with Crippen molar-refractivity contribution < 1.29 is 13.2 Å².